The third kappa shape index (κ3) is 2.71. The molecular weight excluding hydrogens is 238 g/mol. The third-order valence-corrected chi connectivity index (χ3v) is 4.39. The van der Waals surface area contributed by atoms with Crippen LogP contribution in [0.1, 0.15) is 44.7 Å². The minimum Gasteiger partial charge on any atom is -0.486 e. The molecule has 1 aromatic carbocycles. The van der Waals surface area contributed by atoms with Crippen molar-refractivity contribution in [2.45, 2.75) is 45.2 Å². The van der Waals surface area contributed by atoms with Crippen LogP contribution in [0.5, 0.6) is 11.5 Å². The molecule has 2 aliphatic rings. The van der Waals surface area contributed by atoms with Crippen molar-refractivity contribution in [2.75, 3.05) is 13.2 Å². The lowest BCUT2D eigenvalue weighted by Crippen LogP contribution is -2.33. The molecule has 104 valence electrons. The summed E-state index contributed by atoms with van der Waals surface area (Å²) in [5, 5.41) is 3.76. The van der Waals surface area contributed by atoms with Crippen LogP contribution in [0.2, 0.25) is 0 Å². The van der Waals surface area contributed by atoms with E-state index in [2.05, 4.69) is 31.3 Å². The number of ether oxygens (including phenoxy) is 2. The molecule has 1 fully saturated rings. The minimum absolute atomic E-state index is 0.362. The van der Waals surface area contributed by atoms with Crippen molar-refractivity contribution >= 4 is 0 Å². The maximum atomic E-state index is 5.65. The first-order chi connectivity index (χ1) is 9.24. The van der Waals surface area contributed by atoms with Gasteiger partial charge in [0.1, 0.15) is 13.2 Å². The third-order valence-electron chi connectivity index (χ3n) is 4.39. The number of hydrogen-bond acceptors (Lipinski definition) is 3. The van der Waals surface area contributed by atoms with E-state index in [1.807, 2.05) is 6.07 Å². The van der Waals surface area contributed by atoms with Gasteiger partial charge in [-0.2, -0.15) is 0 Å². The van der Waals surface area contributed by atoms with Crippen LogP contribution in [0.25, 0.3) is 0 Å². The Morgan fingerprint density at radius 1 is 1.16 bits per heavy atom. The summed E-state index contributed by atoms with van der Waals surface area (Å²) in [5.41, 5.74) is 1.28. The molecule has 1 aliphatic carbocycles. The maximum Gasteiger partial charge on any atom is 0.161 e. The molecule has 0 amide bonds. The summed E-state index contributed by atoms with van der Waals surface area (Å²) in [4.78, 5) is 0. The molecule has 3 heteroatoms. The van der Waals surface area contributed by atoms with Gasteiger partial charge in [-0.25, -0.2) is 0 Å². The first-order valence-corrected chi connectivity index (χ1v) is 7.39. The monoisotopic (exact) mass is 261 g/mol. The van der Waals surface area contributed by atoms with Crippen molar-refractivity contribution in [2.24, 2.45) is 5.92 Å². The predicted octanol–water partition coefficient (Wildman–Crippen LogP) is 3.30. The molecule has 1 heterocycles. The zero-order chi connectivity index (χ0) is 13.2. The second-order valence-electron chi connectivity index (χ2n) is 5.81. The molecule has 19 heavy (non-hydrogen) atoms. The second kappa shape index (κ2) is 5.41. The highest BCUT2D eigenvalue weighted by Gasteiger charge is 2.25. The molecular formula is C16H23NO2. The van der Waals surface area contributed by atoms with E-state index in [1.165, 1.54) is 24.8 Å². The van der Waals surface area contributed by atoms with E-state index in [-0.39, 0.29) is 0 Å². The number of fused-ring (bicyclic) bond motifs is 1. The van der Waals surface area contributed by atoms with Gasteiger partial charge in [-0.15, -0.1) is 0 Å². The fourth-order valence-electron chi connectivity index (χ4n) is 3.14. The topological polar surface area (TPSA) is 30.5 Å². The number of rotatable bonds is 3. The van der Waals surface area contributed by atoms with Gasteiger partial charge in [-0.3, -0.25) is 0 Å². The Hall–Kier alpha value is -1.22. The zero-order valence-corrected chi connectivity index (χ0v) is 11.8. The number of benzene rings is 1. The summed E-state index contributed by atoms with van der Waals surface area (Å²) in [7, 11) is 0. The van der Waals surface area contributed by atoms with Crippen LogP contribution in [0, 0.1) is 5.92 Å². The second-order valence-corrected chi connectivity index (χ2v) is 5.81. The standard InChI is InChI=1S/C16H23NO2/c1-11-4-3-5-14(11)17-12(2)13-6-7-15-16(10-13)19-9-8-18-15/h6-7,10-12,14,17H,3-5,8-9H2,1-2H3. The number of nitrogens with one attached hydrogen (secondary N) is 1. The molecule has 3 unspecified atom stereocenters. The highest BCUT2D eigenvalue weighted by molar-refractivity contribution is 5.44. The summed E-state index contributed by atoms with van der Waals surface area (Å²) in [5.74, 6) is 2.55. The average Bonchev–Trinajstić information content (AvgIpc) is 2.84. The summed E-state index contributed by atoms with van der Waals surface area (Å²) < 4.78 is 11.2. The first kappa shape index (κ1) is 12.8. The van der Waals surface area contributed by atoms with Crippen molar-refractivity contribution in [3.05, 3.63) is 23.8 Å². The van der Waals surface area contributed by atoms with E-state index in [9.17, 15) is 0 Å². The molecule has 3 atom stereocenters. The quantitative estimate of drug-likeness (QED) is 0.905. The summed E-state index contributed by atoms with van der Waals surface area (Å²) in [6.07, 6.45) is 4.01. The summed E-state index contributed by atoms with van der Waals surface area (Å²) in [6.45, 7) is 5.88. The van der Waals surface area contributed by atoms with Crippen LogP contribution in [0.3, 0.4) is 0 Å². The smallest absolute Gasteiger partial charge is 0.161 e. The van der Waals surface area contributed by atoms with Crippen LogP contribution >= 0.6 is 0 Å². The van der Waals surface area contributed by atoms with Gasteiger partial charge in [0, 0.05) is 12.1 Å². The molecule has 1 aromatic rings. The lowest BCUT2D eigenvalue weighted by atomic mass is 10.0. The Labute approximate surface area is 115 Å². The molecule has 0 spiro atoms. The van der Waals surface area contributed by atoms with Gasteiger partial charge in [-0.1, -0.05) is 19.4 Å². The van der Waals surface area contributed by atoms with Crippen molar-refractivity contribution in [1.29, 1.82) is 0 Å². The first-order valence-electron chi connectivity index (χ1n) is 7.39. The Balaban J connectivity index is 1.70. The summed E-state index contributed by atoms with van der Waals surface area (Å²) in [6, 6.07) is 7.31. The molecule has 1 N–H and O–H groups in total. The van der Waals surface area contributed by atoms with Crippen molar-refractivity contribution in [3.8, 4) is 11.5 Å². The van der Waals surface area contributed by atoms with Gasteiger partial charge in [-0.05, 0) is 43.4 Å². The molecule has 0 radical (unpaired) electrons. The number of hydrogen-bond donors (Lipinski definition) is 1. The van der Waals surface area contributed by atoms with Gasteiger partial charge < -0.3 is 14.8 Å². The fourth-order valence-corrected chi connectivity index (χ4v) is 3.14. The summed E-state index contributed by atoms with van der Waals surface area (Å²) >= 11 is 0. The molecule has 0 saturated heterocycles. The van der Waals surface area contributed by atoms with Crippen LogP contribution in [-0.2, 0) is 0 Å². The molecule has 1 aliphatic heterocycles. The lowest BCUT2D eigenvalue weighted by Gasteiger charge is -2.25. The van der Waals surface area contributed by atoms with Crippen molar-refractivity contribution in [1.82, 2.24) is 5.32 Å². The Kier molecular flexibility index (Phi) is 3.65. The average molecular weight is 261 g/mol. The van der Waals surface area contributed by atoms with Gasteiger partial charge in [0.25, 0.3) is 0 Å². The van der Waals surface area contributed by atoms with Crippen LogP contribution in [0.15, 0.2) is 18.2 Å². The molecule has 0 bridgehead atoms. The maximum absolute atomic E-state index is 5.65. The van der Waals surface area contributed by atoms with Crippen molar-refractivity contribution in [3.63, 3.8) is 0 Å². The Morgan fingerprint density at radius 2 is 1.95 bits per heavy atom. The lowest BCUT2D eigenvalue weighted by molar-refractivity contribution is 0.171. The van der Waals surface area contributed by atoms with Crippen LogP contribution in [-0.4, -0.2) is 19.3 Å². The van der Waals surface area contributed by atoms with Gasteiger partial charge in [0.2, 0.25) is 0 Å². The highest BCUT2D eigenvalue weighted by atomic mass is 16.6. The fraction of sp³-hybridized carbons (Fsp3) is 0.625. The van der Waals surface area contributed by atoms with Crippen LogP contribution < -0.4 is 14.8 Å². The molecule has 1 saturated carbocycles. The van der Waals surface area contributed by atoms with E-state index >= 15 is 0 Å². The largest absolute Gasteiger partial charge is 0.486 e. The SMILES string of the molecule is CC(NC1CCCC1C)c1ccc2c(c1)OCCO2. The van der Waals surface area contributed by atoms with E-state index in [0.29, 0.717) is 25.3 Å². The molecule has 3 nitrogen and oxygen atoms in total. The normalized spacial score (nSPS) is 27.3. The van der Waals surface area contributed by atoms with E-state index in [1.54, 1.807) is 0 Å². The Bertz CT molecular complexity index is 446. The van der Waals surface area contributed by atoms with Gasteiger partial charge in [0.15, 0.2) is 11.5 Å². The van der Waals surface area contributed by atoms with Crippen molar-refractivity contribution < 1.29 is 9.47 Å². The van der Waals surface area contributed by atoms with Crippen LogP contribution in [0.4, 0.5) is 0 Å². The predicted molar refractivity (Wildman–Crippen MR) is 75.8 cm³/mol. The van der Waals surface area contributed by atoms with Gasteiger partial charge >= 0.3 is 0 Å². The Morgan fingerprint density at radius 3 is 2.68 bits per heavy atom. The highest BCUT2D eigenvalue weighted by Crippen LogP contribution is 2.33. The minimum atomic E-state index is 0.362. The van der Waals surface area contributed by atoms with E-state index < -0.39 is 0 Å². The zero-order valence-electron chi connectivity index (χ0n) is 11.8. The van der Waals surface area contributed by atoms with E-state index in [4.69, 9.17) is 9.47 Å². The van der Waals surface area contributed by atoms with E-state index in [0.717, 1.165) is 17.4 Å². The molecule has 3 rings (SSSR count). The molecule has 0 aromatic heterocycles. The van der Waals surface area contributed by atoms with Gasteiger partial charge in [0.05, 0.1) is 0 Å².